The molecule has 4 aromatic rings. The Kier molecular flexibility index (Phi) is 5.96. The molecule has 0 radical (unpaired) electrons. The monoisotopic (exact) mass is 503 g/mol. The maximum Gasteiger partial charge on any atom is 0.332 e. The zero-order valence-corrected chi connectivity index (χ0v) is 20.2. The summed E-state index contributed by atoms with van der Waals surface area (Å²) in [6.45, 7) is 2.48. The summed E-state index contributed by atoms with van der Waals surface area (Å²) in [6, 6.07) is 7.28. The van der Waals surface area contributed by atoms with Crippen molar-refractivity contribution in [2.45, 2.75) is 11.7 Å². The number of amides is 1. The molecule has 13 heteroatoms. The second kappa shape index (κ2) is 8.93. The average Bonchev–Trinajstić information content (AvgIpc) is 3.40. The van der Waals surface area contributed by atoms with Gasteiger partial charge in [0.2, 0.25) is 11.7 Å². The number of nitrogens with zero attached hydrogens (tertiary/aromatic N) is 7. The van der Waals surface area contributed by atoms with Crippen LogP contribution in [-0.4, -0.2) is 71.2 Å². The molecular weight excluding hydrogens is 482 g/mol. The molecule has 1 fully saturated rings. The minimum atomic E-state index is -0.461. The smallest absolute Gasteiger partial charge is 0.332 e. The summed E-state index contributed by atoms with van der Waals surface area (Å²) >= 11 is 7.24. The SMILES string of the molecule is Cn1c(=O)c2c(n(C)c1=O)n1c(SCC(=O)N3CCOCC3)nnc1n2Cc1ccc(Cl)cc1. The predicted octanol–water partition coefficient (Wildman–Crippen LogP) is 0.734. The van der Waals surface area contributed by atoms with Crippen LogP contribution >= 0.6 is 23.4 Å². The van der Waals surface area contributed by atoms with Gasteiger partial charge < -0.3 is 9.64 Å². The fourth-order valence-corrected chi connectivity index (χ4v) is 5.03. The Balaban J connectivity index is 1.62. The Hall–Kier alpha value is -3.09. The van der Waals surface area contributed by atoms with Crippen molar-refractivity contribution in [2.75, 3.05) is 32.1 Å². The van der Waals surface area contributed by atoms with Crippen molar-refractivity contribution < 1.29 is 9.53 Å². The van der Waals surface area contributed by atoms with Crippen molar-refractivity contribution in [3.05, 3.63) is 55.7 Å². The number of halogens is 1. The summed E-state index contributed by atoms with van der Waals surface area (Å²) in [5.74, 6) is 0.535. The molecule has 0 unspecified atom stereocenters. The summed E-state index contributed by atoms with van der Waals surface area (Å²) in [5.41, 5.74) is 0.712. The fraction of sp³-hybridized carbons (Fsp3) is 0.381. The Bertz CT molecular complexity index is 1510. The molecule has 1 saturated heterocycles. The molecule has 34 heavy (non-hydrogen) atoms. The number of ether oxygens (including phenoxy) is 1. The van der Waals surface area contributed by atoms with Crippen molar-refractivity contribution in [2.24, 2.45) is 14.1 Å². The molecule has 1 aromatic carbocycles. The van der Waals surface area contributed by atoms with Gasteiger partial charge in [-0.25, -0.2) is 9.20 Å². The van der Waals surface area contributed by atoms with E-state index < -0.39 is 11.2 Å². The van der Waals surface area contributed by atoms with E-state index in [0.717, 1.165) is 10.1 Å². The molecule has 0 saturated carbocycles. The highest BCUT2D eigenvalue weighted by atomic mass is 35.5. The van der Waals surface area contributed by atoms with E-state index in [1.165, 1.54) is 23.4 Å². The number of morpholine rings is 1. The second-order valence-corrected chi connectivity index (χ2v) is 9.37. The third-order valence-electron chi connectivity index (χ3n) is 5.89. The number of aryl methyl sites for hydroxylation is 1. The largest absolute Gasteiger partial charge is 0.378 e. The highest BCUT2D eigenvalue weighted by Crippen LogP contribution is 2.25. The first-order valence-corrected chi connectivity index (χ1v) is 12.0. The van der Waals surface area contributed by atoms with Gasteiger partial charge in [-0.05, 0) is 17.7 Å². The number of aromatic nitrogens is 6. The zero-order chi connectivity index (χ0) is 24.0. The second-order valence-electron chi connectivity index (χ2n) is 7.99. The first-order valence-electron chi connectivity index (χ1n) is 10.6. The van der Waals surface area contributed by atoms with E-state index in [2.05, 4.69) is 10.2 Å². The van der Waals surface area contributed by atoms with Crippen LogP contribution in [0.3, 0.4) is 0 Å². The number of hydrogen-bond acceptors (Lipinski definition) is 7. The molecule has 0 aliphatic carbocycles. The summed E-state index contributed by atoms with van der Waals surface area (Å²) < 4.78 is 11.2. The standard InChI is InChI=1S/C21H22ClN7O4S/c1-25-17-16(18(31)26(2)21(25)32)28(11-13-3-5-14(22)6-4-13)19-23-24-20(29(17)19)34-12-15(30)27-7-9-33-10-8-27/h3-6H,7-12H2,1-2H3. The van der Waals surface area contributed by atoms with Gasteiger partial charge in [0.25, 0.3) is 5.56 Å². The first kappa shape index (κ1) is 22.7. The lowest BCUT2D eigenvalue weighted by Crippen LogP contribution is -2.41. The molecule has 0 N–H and O–H groups in total. The Morgan fingerprint density at radius 1 is 1.09 bits per heavy atom. The van der Waals surface area contributed by atoms with E-state index in [-0.39, 0.29) is 11.7 Å². The van der Waals surface area contributed by atoms with Gasteiger partial charge in [-0.3, -0.25) is 23.3 Å². The Morgan fingerprint density at radius 3 is 2.50 bits per heavy atom. The third-order valence-corrected chi connectivity index (χ3v) is 7.06. The van der Waals surface area contributed by atoms with Crippen LogP contribution < -0.4 is 11.2 Å². The van der Waals surface area contributed by atoms with Gasteiger partial charge in [-0.2, -0.15) is 0 Å². The quantitative estimate of drug-likeness (QED) is 0.369. The number of rotatable bonds is 5. The van der Waals surface area contributed by atoms with Crippen LogP contribution in [0.15, 0.2) is 39.0 Å². The number of hydrogen-bond donors (Lipinski definition) is 0. The minimum absolute atomic E-state index is 0.0280. The van der Waals surface area contributed by atoms with Crippen molar-refractivity contribution in [3.63, 3.8) is 0 Å². The molecule has 1 aliphatic heterocycles. The number of imidazole rings is 1. The number of carbonyl (C=O) groups is 1. The normalized spacial score (nSPS) is 14.4. The van der Waals surface area contributed by atoms with Gasteiger partial charge >= 0.3 is 5.69 Å². The third kappa shape index (κ3) is 3.81. The highest BCUT2D eigenvalue weighted by Gasteiger charge is 2.25. The fourth-order valence-electron chi connectivity index (χ4n) is 4.08. The van der Waals surface area contributed by atoms with Crippen LogP contribution in [0, 0.1) is 0 Å². The van der Waals surface area contributed by atoms with E-state index >= 15 is 0 Å². The molecular formula is C21H22ClN7O4S. The van der Waals surface area contributed by atoms with E-state index in [1.807, 2.05) is 12.1 Å². The molecule has 178 valence electrons. The van der Waals surface area contributed by atoms with E-state index in [1.54, 1.807) is 33.0 Å². The van der Waals surface area contributed by atoms with Gasteiger partial charge in [0.05, 0.1) is 25.5 Å². The molecule has 5 rings (SSSR count). The molecule has 0 spiro atoms. The zero-order valence-electron chi connectivity index (χ0n) is 18.6. The van der Waals surface area contributed by atoms with Gasteiger partial charge in [0.15, 0.2) is 16.3 Å². The van der Waals surface area contributed by atoms with Gasteiger partial charge in [0.1, 0.15) is 0 Å². The van der Waals surface area contributed by atoms with Gasteiger partial charge in [-0.1, -0.05) is 35.5 Å². The average molecular weight is 504 g/mol. The molecule has 1 amide bonds. The molecule has 1 aliphatic rings. The van der Waals surface area contributed by atoms with Crippen molar-refractivity contribution in [1.29, 1.82) is 0 Å². The maximum atomic E-state index is 13.2. The molecule has 0 bridgehead atoms. The molecule has 0 atom stereocenters. The lowest BCUT2D eigenvalue weighted by atomic mass is 10.2. The van der Waals surface area contributed by atoms with Gasteiger partial charge in [0, 0.05) is 32.2 Å². The Morgan fingerprint density at radius 2 is 1.79 bits per heavy atom. The van der Waals surface area contributed by atoms with Crippen LogP contribution in [-0.2, 0) is 30.2 Å². The minimum Gasteiger partial charge on any atom is -0.378 e. The topological polar surface area (TPSA) is 109 Å². The van der Waals surface area contributed by atoms with Crippen LogP contribution in [0.2, 0.25) is 5.02 Å². The van der Waals surface area contributed by atoms with E-state index in [9.17, 15) is 14.4 Å². The molecule has 3 aromatic heterocycles. The Labute approximate surface area is 202 Å². The maximum absolute atomic E-state index is 13.2. The molecule has 4 heterocycles. The summed E-state index contributed by atoms with van der Waals surface area (Å²) in [4.78, 5) is 40.3. The van der Waals surface area contributed by atoms with Crippen molar-refractivity contribution in [3.8, 4) is 0 Å². The lowest BCUT2D eigenvalue weighted by Gasteiger charge is -2.26. The first-order chi connectivity index (χ1) is 16.4. The van der Waals surface area contributed by atoms with Crippen molar-refractivity contribution >= 4 is 46.2 Å². The van der Waals surface area contributed by atoms with Crippen LogP contribution in [0.1, 0.15) is 5.56 Å². The number of carbonyl (C=O) groups excluding carboxylic acids is 1. The van der Waals surface area contributed by atoms with Crippen LogP contribution in [0.4, 0.5) is 0 Å². The molecule has 11 nitrogen and oxygen atoms in total. The van der Waals surface area contributed by atoms with E-state index in [4.69, 9.17) is 16.3 Å². The number of fused-ring (bicyclic) bond motifs is 3. The summed E-state index contributed by atoms with van der Waals surface area (Å²) in [6.07, 6.45) is 0. The summed E-state index contributed by atoms with van der Waals surface area (Å²) in [7, 11) is 3.05. The lowest BCUT2D eigenvalue weighted by molar-refractivity contribution is -0.132. The summed E-state index contributed by atoms with van der Waals surface area (Å²) in [5, 5.41) is 9.64. The predicted molar refractivity (Wildman–Crippen MR) is 128 cm³/mol. The highest BCUT2D eigenvalue weighted by molar-refractivity contribution is 7.99. The number of thioether (sulfide) groups is 1. The van der Waals surface area contributed by atoms with Crippen LogP contribution in [0.25, 0.3) is 16.9 Å². The van der Waals surface area contributed by atoms with Crippen molar-refractivity contribution in [1.82, 2.24) is 33.2 Å². The number of benzene rings is 1. The van der Waals surface area contributed by atoms with E-state index in [0.29, 0.717) is 60.0 Å². The van der Waals surface area contributed by atoms with Gasteiger partial charge in [-0.15, -0.1) is 10.2 Å². The van der Waals surface area contributed by atoms with Crippen LogP contribution in [0.5, 0.6) is 0 Å².